The maximum Gasteiger partial charge on any atom is 0.235 e. The molecule has 33 heavy (non-hydrogen) atoms. The molecule has 0 bridgehead atoms. The van der Waals surface area contributed by atoms with Crippen LogP contribution in [0.25, 0.3) is 22.1 Å². The van der Waals surface area contributed by atoms with Crippen LogP contribution in [0.5, 0.6) is 5.75 Å². The second-order valence-corrected chi connectivity index (χ2v) is 8.33. The van der Waals surface area contributed by atoms with E-state index in [4.69, 9.17) is 9.72 Å². The molecule has 0 spiro atoms. The maximum atomic E-state index is 12.2. The van der Waals surface area contributed by atoms with Gasteiger partial charge in [0.1, 0.15) is 17.8 Å². The molecule has 3 rings (SSSR count). The molecule has 2 N–H and O–H groups in total. The zero-order valence-electron chi connectivity index (χ0n) is 19.9. The van der Waals surface area contributed by atoms with Gasteiger partial charge in [-0.3, -0.25) is 9.59 Å². The summed E-state index contributed by atoms with van der Waals surface area (Å²) in [6.07, 6.45) is 4.81. The summed E-state index contributed by atoms with van der Waals surface area (Å²) < 4.78 is 7.79. The highest BCUT2D eigenvalue weighted by Gasteiger charge is 2.18. The maximum absolute atomic E-state index is 12.2. The fourth-order valence-electron chi connectivity index (χ4n) is 4.18. The molecule has 0 aliphatic heterocycles. The number of carbonyl (C=O) groups excluding carboxylic acids is 2. The number of benzene rings is 2. The number of hydrogen-bond donors (Lipinski definition) is 2. The van der Waals surface area contributed by atoms with Crippen molar-refractivity contribution < 1.29 is 18.9 Å². The monoisotopic (exact) mass is 451 g/mol. The van der Waals surface area contributed by atoms with Gasteiger partial charge >= 0.3 is 0 Å². The summed E-state index contributed by atoms with van der Waals surface area (Å²) >= 11 is 0. The number of aryl methyl sites for hydroxylation is 1. The highest BCUT2D eigenvalue weighted by Crippen LogP contribution is 2.23. The Kier molecular flexibility index (Phi) is 9.13. The van der Waals surface area contributed by atoms with Crippen molar-refractivity contribution >= 4 is 33.8 Å². The second-order valence-electron chi connectivity index (χ2n) is 8.33. The summed E-state index contributed by atoms with van der Waals surface area (Å²) in [6, 6.07) is 14.0. The van der Waals surface area contributed by atoms with Gasteiger partial charge in [-0.05, 0) is 51.8 Å². The largest absolute Gasteiger partial charge is 0.494 e. The van der Waals surface area contributed by atoms with Crippen LogP contribution in [-0.2, 0) is 16.1 Å². The molecule has 1 aromatic heterocycles. The van der Waals surface area contributed by atoms with Crippen LogP contribution in [0.1, 0.15) is 45.4 Å². The van der Waals surface area contributed by atoms with Crippen LogP contribution in [0.2, 0.25) is 0 Å². The number of para-hydroxylation sites is 3. The molecule has 0 aliphatic carbocycles. The number of rotatable bonds is 13. The third-order valence-electron chi connectivity index (χ3n) is 6.01. The predicted octanol–water partition coefficient (Wildman–Crippen LogP) is 3.32. The summed E-state index contributed by atoms with van der Waals surface area (Å²) in [5.41, 5.74) is 3.88. The minimum absolute atomic E-state index is 0.0847. The highest BCUT2D eigenvalue weighted by molar-refractivity contribution is 5.85. The molecular weight excluding hydrogens is 416 g/mol. The Morgan fingerprint density at radius 1 is 1.03 bits per heavy atom. The van der Waals surface area contributed by atoms with E-state index in [0.717, 1.165) is 66.5 Å². The Balaban J connectivity index is 1.51. The fraction of sp³-hybridized carbons (Fsp3) is 0.462. The van der Waals surface area contributed by atoms with E-state index in [-0.39, 0.29) is 17.7 Å². The summed E-state index contributed by atoms with van der Waals surface area (Å²) in [5, 5.41) is 6.03. The lowest BCUT2D eigenvalue weighted by Crippen LogP contribution is -2.36. The van der Waals surface area contributed by atoms with Crippen LogP contribution < -0.4 is 19.9 Å². The van der Waals surface area contributed by atoms with E-state index >= 15 is 0 Å². The van der Waals surface area contributed by atoms with Crippen LogP contribution in [0.3, 0.4) is 0 Å². The first-order valence-corrected chi connectivity index (χ1v) is 11.7. The number of ketones is 1. The molecule has 7 nitrogen and oxygen atoms in total. The SMILES string of the molecule is CNC(CCCCNC(=O)CCCC[n+]1c2ccccc2nc2c(OC)cccc21)C(C)=O. The van der Waals surface area contributed by atoms with Gasteiger partial charge in [0.05, 0.1) is 13.2 Å². The number of hydrogen-bond acceptors (Lipinski definition) is 5. The molecule has 1 heterocycles. The molecule has 0 aliphatic rings. The summed E-state index contributed by atoms with van der Waals surface area (Å²) in [4.78, 5) is 28.5. The molecule has 2 aromatic carbocycles. The van der Waals surface area contributed by atoms with Crippen LogP contribution in [0.4, 0.5) is 0 Å². The van der Waals surface area contributed by atoms with E-state index < -0.39 is 0 Å². The summed E-state index contributed by atoms with van der Waals surface area (Å²) in [5.74, 6) is 1.01. The van der Waals surface area contributed by atoms with Crippen LogP contribution in [0, 0.1) is 0 Å². The fourth-order valence-corrected chi connectivity index (χ4v) is 4.18. The smallest absolute Gasteiger partial charge is 0.235 e. The van der Waals surface area contributed by atoms with Crippen molar-refractivity contribution in [1.82, 2.24) is 15.6 Å². The number of nitrogens with one attached hydrogen (secondary N) is 2. The van der Waals surface area contributed by atoms with Crippen molar-refractivity contribution in [3.05, 3.63) is 42.5 Å². The van der Waals surface area contributed by atoms with Crippen molar-refractivity contribution in [2.24, 2.45) is 0 Å². The van der Waals surface area contributed by atoms with E-state index in [2.05, 4.69) is 27.3 Å². The lowest BCUT2D eigenvalue weighted by Gasteiger charge is -2.12. The van der Waals surface area contributed by atoms with Gasteiger partial charge < -0.3 is 15.4 Å². The Labute approximate surface area is 195 Å². The number of Topliss-reactive ketones (excluding diaryl/α,β-unsaturated/α-hetero) is 1. The number of unbranched alkanes of at least 4 members (excludes halogenated alkanes) is 2. The average Bonchev–Trinajstić information content (AvgIpc) is 2.82. The van der Waals surface area contributed by atoms with Crippen LogP contribution in [0.15, 0.2) is 42.5 Å². The zero-order chi connectivity index (χ0) is 23.6. The molecule has 3 aromatic rings. The van der Waals surface area contributed by atoms with Crippen molar-refractivity contribution in [1.29, 1.82) is 0 Å². The number of likely N-dealkylation sites (N-methyl/N-ethyl adjacent to an activating group) is 1. The third-order valence-corrected chi connectivity index (χ3v) is 6.01. The van der Waals surface area contributed by atoms with E-state index in [9.17, 15) is 9.59 Å². The van der Waals surface area contributed by atoms with Gasteiger partial charge in [0.15, 0.2) is 11.3 Å². The van der Waals surface area contributed by atoms with Gasteiger partial charge in [-0.1, -0.05) is 18.2 Å². The molecule has 1 unspecified atom stereocenters. The molecule has 0 radical (unpaired) electrons. The molecular formula is C26H35N4O3+. The lowest BCUT2D eigenvalue weighted by molar-refractivity contribution is -0.646. The van der Waals surface area contributed by atoms with Crippen molar-refractivity contribution in [3.8, 4) is 5.75 Å². The number of fused-ring (bicyclic) bond motifs is 2. The normalized spacial score (nSPS) is 12.1. The van der Waals surface area contributed by atoms with Gasteiger partial charge in [0.2, 0.25) is 16.9 Å². The molecule has 0 saturated carbocycles. The number of carbonyl (C=O) groups is 2. The van der Waals surface area contributed by atoms with Crippen LogP contribution >= 0.6 is 0 Å². The van der Waals surface area contributed by atoms with Gasteiger partial charge in [-0.25, -0.2) is 4.98 Å². The third kappa shape index (κ3) is 6.48. The molecule has 0 fully saturated rings. The van der Waals surface area contributed by atoms with Crippen molar-refractivity contribution in [2.75, 3.05) is 20.7 Å². The average molecular weight is 452 g/mol. The summed E-state index contributed by atoms with van der Waals surface area (Å²) in [7, 11) is 3.47. The van der Waals surface area contributed by atoms with Gasteiger partial charge in [-0.15, -0.1) is 0 Å². The van der Waals surface area contributed by atoms with Crippen molar-refractivity contribution in [3.63, 3.8) is 0 Å². The lowest BCUT2D eigenvalue weighted by atomic mass is 10.1. The molecule has 1 atom stereocenters. The Bertz CT molecular complexity index is 1100. The Hall–Kier alpha value is -3.06. The molecule has 1 amide bonds. The number of amides is 1. The van der Waals surface area contributed by atoms with E-state index in [1.54, 1.807) is 21.1 Å². The predicted molar refractivity (Wildman–Crippen MR) is 130 cm³/mol. The Morgan fingerprint density at radius 2 is 1.82 bits per heavy atom. The van der Waals surface area contributed by atoms with Gasteiger partial charge in [0, 0.05) is 31.5 Å². The minimum atomic E-state index is -0.0847. The quantitative estimate of drug-likeness (QED) is 0.237. The summed E-state index contributed by atoms with van der Waals surface area (Å²) in [6.45, 7) is 3.06. The van der Waals surface area contributed by atoms with E-state index in [1.807, 2.05) is 30.3 Å². The van der Waals surface area contributed by atoms with Crippen LogP contribution in [-0.4, -0.2) is 43.4 Å². The standard InChI is InChI=1S/C26H34N4O3/c1-19(31)20(27-2)11-6-8-17-28-25(32)16-7-9-18-30-22-13-5-4-12-21(22)29-26-23(30)14-10-15-24(26)33-3/h4-5,10,12-15,20,27H,6-9,11,16-18H2,1-3H3/p+1. The van der Waals surface area contributed by atoms with Gasteiger partial charge in [-0.2, -0.15) is 4.57 Å². The Morgan fingerprint density at radius 3 is 2.58 bits per heavy atom. The van der Waals surface area contributed by atoms with Crippen molar-refractivity contribution in [2.45, 2.75) is 58.0 Å². The number of nitrogens with zero attached hydrogens (tertiary/aromatic N) is 2. The van der Waals surface area contributed by atoms with E-state index in [1.165, 1.54) is 0 Å². The first-order valence-electron chi connectivity index (χ1n) is 11.7. The zero-order valence-corrected chi connectivity index (χ0v) is 19.9. The minimum Gasteiger partial charge on any atom is -0.494 e. The first-order chi connectivity index (χ1) is 16.0. The number of aromatic nitrogens is 2. The molecule has 176 valence electrons. The van der Waals surface area contributed by atoms with Gasteiger partial charge in [0.25, 0.3) is 0 Å². The number of ether oxygens (including phenoxy) is 1. The molecule has 0 saturated heterocycles. The number of methoxy groups -OCH3 is 1. The highest BCUT2D eigenvalue weighted by atomic mass is 16.5. The first kappa shape index (κ1) is 24.6. The second kappa shape index (κ2) is 12.3. The van der Waals surface area contributed by atoms with E-state index in [0.29, 0.717) is 13.0 Å². The molecule has 7 heteroatoms. The topological polar surface area (TPSA) is 84.2 Å².